The lowest BCUT2D eigenvalue weighted by Gasteiger charge is -2.39. The second-order valence-corrected chi connectivity index (χ2v) is 5.15. The third-order valence-corrected chi connectivity index (χ3v) is 3.97. The van der Waals surface area contributed by atoms with E-state index in [-0.39, 0.29) is 5.91 Å². The molecule has 0 spiro atoms. The lowest BCUT2D eigenvalue weighted by molar-refractivity contribution is 0.0529. The Hall–Kier alpha value is -1.75. The Kier molecular flexibility index (Phi) is 4.49. The van der Waals surface area contributed by atoms with Gasteiger partial charge in [-0.15, -0.1) is 0 Å². The summed E-state index contributed by atoms with van der Waals surface area (Å²) in [6.45, 7) is 7.71. The summed E-state index contributed by atoms with van der Waals surface area (Å²) in [6.07, 6.45) is 0. The first-order chi connectivity index (χ1) is 9.58. The molecule has 1 amide bonds. The zero-order chi connectivity index (χ0) is 14.7. The summed E-state index contributed by atoms with van der Waals surface area (Å²) < 4.78 is 5.17. The number of piperazine rings is 1. The summed E-state index contributed by atoms with van der Waals surface area (Å²) in [5, 5.41) is 0. The molecule has 5 nitrogen and oxygen atoms in total. The second kappa shape index (κ2) is 6.13. The molecule has 110 valence electrons. The van der Waals surface area contributed by atoms with Crippen LogP contribution in [0.25, 0.3) is 0 Å². The lowest BCUT2D eigenvalue weighted by Crippen LogP contribution is -2.53. The molecular weight excluding hydrogens is 254 g/mol. The average molecular weight is 277 g/mol. The fourth-order valence-corrected chi connectivity index (χ4v) is 2.73. The number of nitrogen functional groups attached to an aromatic ring is 1. The number of likely N-dealkylation sites (N-methyl/N-ethyl adjacent to an activating group) is 1. The molecule has 1 aliphatic heterocycles. The second-order valence-electron chi connectivity index (χ2n) is 5.15. The van der Waals surface area contributed by atoms with E-state index in [2.05, 4.69) is 18.7 Å². The highest BCUT2D eigenvalue weighted by Crippen LogP contribution is 2.26. The number of ether oxygens (including phenoxy) is 1. The highest BCUT2D eigenvalue weighted by molar-refractivity contribution is 6.00. The molecule has 2 N–H and O–H groups in total. The topological polar surface area (TPSA) is 58.8 Å². The molecule has 1 heterocycles. The summed E-state index contributed by atoms with van der Waals surface area (Å²) in [5.74, 6) is 0.542. The van der Waals surface area contributed by atoms with Crippen LogP contribution in [0.3, 0.4) is 0 Å². The molecule has 2 rings (SSSR count). The largest absolute Gasteiger partial charge is 0.495 e. The highest BCUT2D eigenvalue weighted by Gasteiger charge is 2.27. The van der Waals surface area contributed by atoms with E-state index in [4.69, 9.17) is 10.5 Å². The SMILES string of the molecule is CCN1CCN(C(=O)c2cccc(OC)c2N)CC1C. The van der Waals surface area contributed by atoms with Gasteiger partial charge in [-0.3, -0.25) is 9.69 Å². The molecule has 0 radical (unpaired) electrons. The van der Waals surface area contributed by atoms with Crippen molar-refractivity contribution in [1.29, 1.82) is 0 Å². The normalized spacial score (nSPS) is 19.9. The molecular formula is C15H23N3O2. The van der Waals surface area contributed by atoms with Gasteiger partial charge in [0.05, 0.1) is 18.4 Å². The number of benzene rings is 1. The molecule has 0 aliphatic carbocycles. The number of hydrogen-bond donors (Lipinski definition) is 1. The van der Waals surface area contributed by atoms with Crippen LogP contribution in [0.4, 0.5) is 5.69 Å². The molecule has 0 saturated carbocycles. The Morgan fingerprint density at radius 3 is 2.80 bits per heavy atom. The Labute approximate surface area is 120 Å². The van der Waals surface area contributed by atoms with Gasteiger partial charge < -0.3 is 15.4 Å². The molecule has 0 bridgehead atoms. The van der Waals surface area contributed by atoms with Crippen LogP contribution in [-0.2, 0) is 0 Å². The van der Waals surface area contributed by atoms with Crippen LogP contribution < -0.4 is 10.5 Å². The van der Waals surface area contributed by atoms with Crippen LogP contribution in [-0.4, -0.2) is 55.0 Å². The predicted molar refractivity (Wildman–Crippen MR) is 80.0 cm³/mol. The number of carbonyl (C=O) groups excluding carboxylic acids is 1. The van der Waals surface area contributed by atoms with E-state index in [0.29, 0.717) is 23.0 Å². The maximum absolute atomic E-state index is 12.6. The summed E-state index contributed by atoms with van der Waals surface area (Å²) in [5.41, 5.74) is 6.96. The Bertz CT molecular complexity index is 490. The number of nitrogens with two attached hydrogens (primary N) is 1. The molecule has 0 aromatic heterocycles. The van der Waals surface area contributed by atoms with E-state index in [1.165, 1.54) is 0 Å². The number of amides is 1. The number of rotatable bonds is 3. The zero-order valence-corrected chi connectivity index (χ0v) is 12.4. The number of nitrogens with zero attached hydrogens (tertiary/aromatic N) is 2. The summed E-state index contributed by atoms with van der Waals surface area (Å²) in [7, 11) is 1.56. The van der Waals surface area contributed by atoms with Crippen LogP contribution in [0.15, 0.2) is 18.2 Å². The van der Waals surface area contributed by atoms with Gasteiger partial charge in [0.15, 0.2) is 0 Å². The Morgan fingerprint density at radius 2 is 2.20 bits per heavy atom. The summed E-state index contributed by atoms with van der Waals surface area (Å²) >= 11 is 0. The predicted octanol–water partition coefficient (Wildman–Crippen LogP) is 1.44. The quantitative estimate of drug-likeness (QED) is 0.849. The number of para-hydroxylation sites is 1. The van der Waals surface area contributed by atoms with Gasteiger partial charge in [-0.2, -0.15) is 0 Å². The van der Waals surface area contributed by atoms with Gasteiger partial charge in [-0.05, 0) is 25.6 Å². The van der Waals surface area contributed by atoms with Crippen molar-refractivity contribution in [3.63, 3.8) is 0 Å². The van der Waals surface area contributed by atoms with Crippen LogP contribution in [0.5, 0.6) is 5.75 Å². The van der Waals surface area contributed by atoms with Gasteiger partial charge >= 0.3 is 0 Å². The van der Waals surface area contributed by atoms with E-state index in [1.54, 1.807) is 25.3 Å². The molecule has 1 saturated heterocycles. The first-order valence-electron chi connectivity index (χ1n) is 7.04. The fraction of sp³-hybridized carbons (Fsp3) is 0.533. The van der Waals surface area contributed by atoms with Gasteiger partial charge in [-0.25, -0.2) is 0 Å². The van der Waals surface area contributed by atoms with Crippen molar-refractivity contribution in [2.45, 2.75) is 19.9 Å². The minimum atomic E-state index is -0.0102. The van der Waals surface area contributed by atoms with Crippen molar-refractivity contribution in [3.05, 3.63) is 23.8 Å². The summed E-state index contributed by atoms with van der Waals surface area (Å²) in [6, 6.07) is 5.71. The monoisotopic (exact) mass is 277 g/mol. The number of hydrogen-bond acceptors (Lipinski definition) is 4. The van der Waals surface area contributed by atoms with E-state index < -0.39 is 0 Å². The van der Waals surface area contributed by atoms with Gasteiger partial charge in [-0.1, -0.05) is 13.0 Å². The van der Waals surface area contributed by atoms with Gasteiger partial charge in [0.2, 0.25) is 0 Å². The van der Waals surface area contributed by atoms with Gasteiger partial charge in [0.25, 0.3) is 5.91 Å². The number of methoxy groups -OCH3 is 1. The van der Waals surface area contributed by atoms with Crippen LogP contribution in [0.1, 0.15) is 24.2 Å². The van der Waals surface area contributed by atoms with Crippen LogP contribution in [0, 0.1) is 0 Å². The van der Waals surface area contributed by atoms with Crippen molar-refractivity contribution in [1.82, 2.24) is 9.80 Å². The third-order valence-electron chi connectivity index (χ3n) is 3.97. The van der Waals surface area contributed by atoms with Crippen molar-refractivity contribution < 1.29 is 9.53 Å². The van der Waals surface area contributed by atoms with E-state index in [0.717, 1.165) is 26.2 Å². The minimum absolute atomic E-state index is 0.0102. The maximum Gasteiger partial charge on any atom is 0.256 e. The third kappa shape index (κ3) is 2.72. The van der Waals surface area contributed by atoms with Crippen molar-refractivity contribution >= 4 is 11.6 Å². The molecule has 1 atom stereocenters. The molecule has 1 unspecified atom stereocenters. The minimum Gasteiger partial charge on any atom is -0.495 e. The molecule has 1 aromatic carbocycles. The average Bonchev–Trinajstić information content (AvgIpc) is 2.46. The van der Waals surface area contributed by atoms with Crippen LogP contribution >= 0.6 is 0 Å². The number of carbonyl (C=O) groups is 1. The Balaban J connectivity index is 2.16. The highest BCUT2D eigenvalue weighted by atomic mass is 16.5. The van der Waals surface area contributed by atoms with Crippen molar-refractivity contribution in [3.8, 4) is 5.75 Å². The van der Waals surface area contributed by atoms with Gasteiger partial charge in [0, 0.05) is 25.7 Å². The standard InChI is InChI=1S/C15H23N3O2/c1-4-17-8-9-18(10-11(17)2)15(19)12-6-5-7-13(20-3)14(12)16/h5-7,11H,4,8-10,16H2,1-3H3. The lowest BCUT2D eigenvalue weighted by atomic mass is 10.1. The zero-order valence-electron chi connectivity index (χ0n) is 12.4. The molecule has 1 fully saturated rings. The first kappa shape index (κ1) is 14.7. The molecule has 1 aliphatic rings. The smallest absolute Gasteiger partial charge is 0.256 e. The van der Waals surface area contributed by atoms with Crippen molar-refractivity contribution in [2.75, 3.05) is 39.0 Å². The fourth-order valence-electron chi connectivity index (χ4n) is 2.73. The summed E-state index contributed by atoms with van der Waals surface area (Å²) in [4.78, 5) is 16.9. The molecule has 20 heavy (non-hydrogen) atoms. The van der Waals surface area contributed by atoms with E-state index >= 15 is 0 Å². The maximum atomic E-state index is 12.6. The Morgan fingerprint density at radius 1 is 1.45 bits per heavy atom. The van der Waals surface area contributed by atoms with E-state index in [1.807, 2.05) is 4.90 Å². The van der Waals surface area contributed by atoms with Crippen LogP contribution in [0.2, 0.25) is 0 Å². The molecule has 5 heteroatoms. The molecule has 1 aromatic rings. The number of anilines is 1. The van der Waals surface area contributed by atoms with Gasteiger partial charge in [0.1, 0.15) is 5.75 Å². The first-order valence-corrected chi connectivity index (χ1v) is 7.04. The van der Waals surface area contributed by atoms with E-state index in [9.17, 15) is 4.79 Å². The van der Waals surface area contributed by atoms with Crippen molar-refractivity contribution in [2.24, 2.45) is 0 Å².